The van der Waals surface area contributed by atoms with E-state index >= 15 is 0 Å². The van der Waals surface area contributed by atoms with Crippen LogP contribution in [0.5, 0.6) is 0 Å². The second kappa shape index (κ2) is 4.42. The van der Waals surface area contributed by atoms with E-state index < -0.39 is 5.97 Å². The third-order valence-corrected chi connectivity index (χ3v) is 2.83. The van der Waals surface area contributed by atoms with Crippen LogP contribution in [0.4, 0.5) is 0 Å². The lowest BCUT2D eigenvalue weighted by Gasteiger charge is -1.93. The molecule has 0 fully saturated rings. The first kappa shape index (κ1) is 9.47. The van der Waals surface area contributed by atoms with Crippen molar-refractivity contribution in [2.45, 2.75) is 12.7 Å². The van der Waals surface area contributed by atoms with E-state index in [0.717, 1.165) is 17.3 Å². The molecule has 0 saturated heterocycles. The Morgan fingerprint density at radius 3 is 3.08 bits per heavy atom. The largest absolute Gasteiger partial charge is 0.477 e. The molecule has 1 rings (SSSR count). The Morgan fingerprint density at radius 2 is 2.50 bits per heavy atom. The van der Waals surface area contributed by atoms with Crippen molar-refractivity contribution < 1.29 is 9.90 Å². The van der Waals surface area contributed by atoms with Gasteiger partial charge in [0, 0.05) is 5.75 Å². The SMILES string of the molecule is CCSCc1nnsc1C(=O)O. The summed E-state index contributed by atoms with van der Waals surface area (Å²) in [7, 11) is 0. The molecule has 1 aromatic rings. The Bertz CT molecular complexity index is 274. The molecule has 1 aromatic heterocycles. The molecule has 0 unspecified atom stereocenters. The highest BCUT2D eigenvalue weighted by Gasteiger charge is 2.13. The molecule has 12 heavy (non-hydrogen) atoms. The highest BCUT2D eigenvalue weighted by atomic mass is 32.2. The molecule has 0 bridgehead atoms. The molecule has 0 aliphatic heterocycles. The van der Waals surface area contributed by atoms with Gasteiger partial charge in [0.1, 0.15) is 5.69 Å². The summed E-state index contributed by atoms with van der Waals surface area (Å²) in [6, 6.07) is 0. The van der Waals surface area contributed by atoms with Gasteiger partial charge < -0.3 is 5.11 Å². The molecule has 0 radical (unpaired) electrons. The van der Waals surface area contributed by atoms with Gasteiger partial charge in [-0.1, -0.05) is 11.4 Å². The van der Waals surface area contributed by atoms with Crippen molar-refractivity contribution in [3.8, 4) is 0 Å². The minimum absolute atomic E-state index is 0.260. The number of hydrogen-bond acceptors (Lipinski definition) is 5. The smallest absolute Gasteiger partial charge is 0.349 e. The summed E-state index contributed by atoms with van der Waals surface area (Å²) in [5, 5.41) is 12.4. The van der Waals surface area contributed by atoms with Gasteiger partial charge in [-0.15, -0.1) is 5.10 Å². The van der Waals surface area contributed by atoms with Crippen LogP contribution in [0.15, 0.2) is 0 Å². The molecule has 4 nitrogen and oxygen atoms in total. The Labute approximate surface area is 78.2 Å². The standard InChI is InChI=1S/C6H8N2O2S2/c1-2-11-3-4-5(6(9)10)12-8-7-4/h2-3H2,1H3,(H,9,10). The molecule has 0 amide bonds. The molecular formula is C6H8N2O2S2. The lowest BCUT2D eigenvalue weighted by molar-refractivity contribution is 0.0701. The number of carbonyl (C=O) groups is 1. The molecule has 0 aliphatic rings. The minimum Gasteiger partial charge on any atom is -0.477 e. The van der Waals surface area contributed by atoms with E-state index in [0.29, 0.717) is 11.4 Å². The minimum atomic E-state index is -0.934. The molecule has 1 N–H and O–H groups in total. The third kappa shape index (κ3) is 2.18. The molecule has 1 heterocycles. The average Bonchev–Trinajstić information content (AvgIpc) is 2.48. The van der Waals surface area contributed by atoms with Crippen LogP contribution >= 0.6 is 23.3 Å². The van der Waals surface area contributed by atoms with Crippen LogP contribution in [0.2, 0.25) is 0 Å². The Kier molecular flexibility index (Phi) is 3.48. The van der Waals surface area contributed by atoms with E-state index in [1.54, 1.807) is 11.8 Å². The Morgan fingerprint density at radius 1 is 1.75 bits per heavy atom. The topological polar surface area (TPSA) is 63.1 Å². The van der Waals surface area contributed by atoms with Crippen molar-refractivity contribution in [2.75, 3.05) is 5.75 Å². The first-order valence-corrected chi connectivity index (χ1v) is 5.30. The van der Waals surface area contributed by atoms with Gasteiger partial charge in [0.15, 0.2) is 4.88 Å². The number of nitrogens with zero attached hydrogens (tertiary/aromatic N) is 2. The van der Waals surface area contributed by atoms with Crippen molar-refractivity contribution >= 4 is 29.3 Å². The average molecular weight is 204 g/mol. The predicted molar refractivity (Wildman–Crippen MR) is 48.7 cm³/mol. The van der Waals surface area contributed by atoms with Crippen LogP contribution in [-0.4, -0.2) is 26.4 Å². The molecule has 0 aliphatic carbocycles. The first-order chi connectivity index (χ1) is 5.75. The van der Waals surface area contributed by atoms with Crippen molar-refractivity contribution in [1.29, 1.82) is 0 Å². The number of carboxylic acid groups (broad SMARTS) is 1. The fraction of sp³-hybridized carbons (Fsp3) is 0.500. The van der Waals surface area contributed by atoms with E-state index in [9.17, 15) is 4.79 Å². The third-order valence-electron chi connectivity index (χ3n) is 1.19. The van der Waals surface area contributed by atoms with Gasteiger partial charge in [0.2, 0.25) is 0 Å². The summed E-state index contributed by atoms with van der Waals surface area (Å²) in [5.74, 6) is 0.655. The van der Waals surface area contributed by atoms with Crippen LogP contribution in [0.25, 0.3) is 0 Å². The monoisotopic (exact) mass is 204 g/mol. The van der Waals surface area contributed by atoms with Crippen LogP contribution < -0.4 is 0 Å². The summed E-state index contributed by atoms with van der Waals surface area (Å²) >= 11 is 2.57. The summed E-state index contributed by atoms with van der Waals surface area (Å²) < 4.78 is 3.59. The summed E-state index contributed by atoms with van der Waals surface area (Å²) in [6.07, 6.45) is 0. The van der Waals surface area contributed by atoms with E-state index in [-0.39, 0.29) is 4.88 Å². The maximum atomic E-state index is 10.6. The molecule has 0 aromatic carbocycles. The number of thioether (sulfide) groups is 1. The fourth-order valence-electron chi connectivity index (χ4n) is 0.664. The van der Waals surface area contributed by atoms with Gasteiger partial charge in [0.25, 0.3) is 0 Å². The molecular weight excluding hydrogens is 196 g/mol. The summed E-state index contributed by atoms with van der Waals surface area (Å²) in [4.78, 5) is 10.8. The molecule has 0 spiro atoms. The van der Waals surface area contributed by atoms with E-state index in [4.69, 9.17) is 5.11 Å². The zero-order chi connectivity index (χ0) is 8.97. The number of aromatic carboxylic acids is 1. The van der Waals surface area contributed by atoms with E-state index in [2.05, 4.69) is 9.59 Å². The van der Waals surface area contributed by atoms with E-state index in [1.165, 1.54) is 0 Å². The predicted octanol–water partition coefficient (Wildman–Crippen LogP) is 1.49. The van der Waals surface area contributed by atoms with Crippen molar-refractivity contribution in [3.63, 3.8) is 0 Å². The fourth-order valence-corrected chi connectivity index (χ4v) is 1.87. The van der Waals surface area contributed by atoms with Gasteiger partial charge in [0.05, 0.1) is 0 Å². The molecule has 66 valence electrons. The number of rotatable bonds is 4. The van der Waals surface area contributed by atoms with Gasteiger partial charge in [-0.05, 0) is 17.3 Å². The zero-order valence-corrected chi connectivity index (χ0v) is 8.11. The molecule has 0 saturated carbocycles. The summed E-state index contributed by atoms with van der Waals surface area (Å²) in [6.45, 7) is 2.02. The zero-order valence-electron chi connectivity index (χ0n) is 6.48. The Balaban J connectivity index is 2.70. The lowest BCUT2D eigenvalue weighted by Crippen LogP contribution is -1.97. The van der Waals surface area contributed by atoms with Crippen LogP contribution in [0, 0.1) is 0 Å². The second-order valence-corrected chi connectivity index (χ2v) is 4.02. The van der Waals surface area contributed by atoms with E-state index in [1.807, 2.05) is 6.92 Å². The maximum Gasteiger partial charge on any atom is 0.349 e. The van der Waals surface area contributed by atoms with Gasteiger partial charge in [-0.3, -0.25) is 0 Å². The summed E-state index contributed by atoms with van der Waals surface area (Å²) in [5.41, 5.74) is 0.583. The van der Waals surface area contributed by atoms with Crippen molar-refractivity contribution in [3.05, 3.63) is 10.6 Å². The van der Waals surface area contributed by atoms with Gasteiger partial charge in [-0.2, -0.15) is 11.8 Å². The second-order valence-electron chi connectivity index (χ2n) is 1.99. The molecule has 0 atom stereocenters. The normalized spacial score (nSPS) is 10.1. The van der Waals surface area contributed by atoms with Crippen LogP contribution in [-0.2, 0) is 5.75 Å². The Hall–Kier alpha value is -0.620. The van der Waals surface area contributed by atoms with Crippen LogP contribution in [0.3, 0.4) is 0 Å². The maximum absolute atomic E-state index is 10.6. The number of aromatic nitrogens is 2. The van der Waals surface area contributed by atoms with Crippen LogP contribution in [0.1, 0.15) is 22.3 Å². The van der Waals surface area contributed by atoms with Crippen molar-refractivity contribution in [2.24, 2.45) is 0 Å². The van der Waals surface area contributed by atoms with Gasteiger partial charge >= 0.3 is 5.97 Å². The lowest BCUT2D eigenvalue weighted by atomic mass is 10.4. The highest BCUT2D eigenvalue weighted by Crippen LogP contribution is 2.16. The highest BCUT2D eigenvalue weighted by molar-refractivity contribution is 7.98. The quantitative estimate of drug-likeness (QED) is 0.805. The molecule has 6 heteroatoms. The number of carboxylic acids is 1. The van der Waals surface area contributed by atoms with Gasteiger partial charge in [-0.25, -0.2) is 4.79 Å². The van der Waals surface area contributed by atoms with Crippen molar-refractivity contribution in [1.82, 2.24) is 9.59 Å². The number of hydrogen-bond donors (Lipinski definition) is 1. The first-order valence-electron chi connectivity index (χ1n) is 3.38.